The van der Waals surface area contributed by atoms with Crippen molar-refractivity contribution < 1.29 is 9.21 Å². The van der Waals surface area contributed by atoms with E-state index in [1.165, 1.54) is 5.56 Å². The number of furan rings is 1. The van der Waals surface area contributed by atoms with Crippen LogP contribution < -0.4 is 0 Å². The van der Waals surface area contributed by atoms with Crippen LogP contribution in [0.25, 0.3) is 0 Å². The lowest BCUT2D eigenvalue weighted by Gasteiger charge is -1.63. The first-order valence-electron chi connectivity index (χ1n) is 3.23. The first-order chi connectivity index (χ1) is 4.81. The molecule has 0 aliphatic heterocycles. The van der Waals surface area contributed by atoms with Crippen LogP contribution in [0.15, 0.2) is 23.0 Å². The zero-order valence-electron chi connectivity index (χ0n) is 6.33. The van der Waals surface area contributed by atoms with E-state index in [9.17, 15) is 4.79 Å². The minimum atomic E-state index is 0.639. The highest BCUT2D eigenvalue weighted by Crippen LogP contribution is 1.93. The van der Waals surface area contributed by atoms with Crippen LogP contribution in [-0.2, 0) is 4.79 Å². The summed E-state index contributed by atoms with van der Waals surface area (Å²) in [5, 5.41) is 0. The van der Waals surface area contributed by atoms with Crippen molar-refractivity contribution in [1.82, 2.24) is 0 Å². The van der Waals surface area contributed by atoms with Crippen molar-refractivity contribution in [2.24, 2.45) is 0 Å². The molecule has 2 nitrogen and oxygen atoms in total. The summed E-state index contributed by atoms with van der Waals surface area (Å²) in [7, 11) is 0. The third-order valence-electron chi connectivity index (χ3n) is 0.830. The molecule has 1 heterocycles. The molecule has 2 heteroatoms. The molecule has 0 saturated heterocycles. The van der Waals surface area contributed by atoms with Gasteiger partial charge in [-0.05, 0) is 18.6 Å². The highest BCUT2D eigenvalue weighted by Gasteiger charge is 1.75. The van der Waals surface area contributed by atoms with Crippen LogP contribution in [-0.4, -0.2) is 6.29 Å². The average molecular weight is 140 g/mol. The van der Waals surface area contributed by atoms with E-state index in [4.69, 9.17) is 4.42 Å². The standard InChI is InChI=1S/C5H6O.C3H6O/c1-5-2-3-6-4-5;1-2-3-4/h2-4H,1H3;3H,2H2,1H3. The fourth-order valence-electron chi connectivity index (χ4n) is 0.333. The Bertz CT molecular complexity index is 154. The predicted octanol–water partition coefficient (Wildman–Crippen LogP) is 2.18. The van der Waals surface area contributed by atoms with Crippen LogP contribution in [0.4, 0.5) is 0 Å². The maximum absolute atomic E-state index is 9.17. The summed E-state index contributed by atoms with van der Waals surface area (Å²) < 4.78 is 4.71. The zero-order chi connectivity index (χ0) is 7.82. The molecule has 0 bridgehead atoms. The molecular weight excluding hydrogens is 128 g/mol. The van der Waals surface area contributed by atoms with Gasteiger partial charge in [-0.25, -0.2) is 0 Å². The van der Waals surface area contributed by atoms with Crippen molar-refractivity contribution in [3.8, 4) is 0 Å². The Hall–Kier alpha value is -1.05. The van der Waals surface area contributed by atoms with Crippen molar-refractivity contribution >= 4 is 6.29 Å². The van der Waals surface area contributed by atoms with Crippen LogP contribution in [0, 0.1) is 6.92 Å². The molecule has 56 valence electrons. The Kier molecular flexibility index (Phi) is 5.44. The Labute approximate surface area is 60.9 Å². The lowest BCUT2D eigenvalue weighted by Crippen LogP contribution is -1.55. The van der Waals surface area contributed by atoms with Crippen molar-refractivity contribution in [2.45, 2.75) is 20.3 Å². The second kappa shape index (κ2) is 6.08. The van der Waals surface area contributed by atoms with Crippen molar-refractivity contribution in [3.63, 3.8) is 0 Å². The molecule has 0 spiro atoms. The topological polar surface area (TPSA) is 30.2 Å². The van der Waals surface area contributed by atoms with Crippen molar-refractivity contribution in [3.05, 3.63) is 24.2 Å². The van der Waals surface area contributed by atoms with Crippen molar-refractivity contribution in [2.75, 3.05) is 0 Å². The lowest BCUT2D eigenvalue weighted by molar-refractivity contribution is -0.107. The summed E-state index contributed by atoms with van der Waals surface area (Å²) in [5.74, 6) is 0. The van der Waals surface area contributed by atoms with Crippen LogP contribution in [0.2, 0.25) is 0 Å². The lowest BCUT2D eigenvalue weighted by atomic mass is 10.4. The number of hydrogen-bond donors (Lipinski definition) is 0. The minimum Gasteiger partial charge on any atom is -0.472 e. The van der Waals surface area contributed by atoms with Gasteiger partial charge in [-0.3, -0.25) is 0 Å². The third-order valence-corrected chi connectivity index (χ3v) is 0.830. The SMILES string of the molecule is CCC=O.Cc1ccoc1. The van der Waals surface area contributed by atoms with Gasteiger partial charge in [0.05, 0.1) is 12.5 Å². The van der Waals surface area contributed by atoms with E-state index in [1.807, 2.05) is 19.9 Å². The first kappa shape index (κ1) is 8.95. The predicted molar refractivity (Wildman–Crippen MR) is 39.8 cm³/mol. The summed E-state index contributed by atoms with van der Waals surface area (Å²) >= 11 is 0. The monoisotopic (exact) mass is 140 g/mol. The van der Waals surface area contributed by atoms with Crippen LogP contribution >= 0.6 is 0 Å². The molecule has 0 fully saturated rings. The van der Waals surface area contributed by atoms with Gasteiger partial charge in [0.2, 0.25) is 0 Å². The van der Waals surface area contributed by atoms with Crippen LogP contribution in [0.1, 0.15) is 18.9 Å². The normalized spacial score (nSPS) is 7.80. The molecule has 0 saturated carbocycles. The van der Waals surface area contributed by atoms with Crippen LogP contribution in [0.3, 0.4) is 0 Å². The van der Waals surface area contributed by atoms with Gasteiger partial charge < -0.3 is 9.21 Å². The second-order valence-corrected chi connectivity index (χ2v) is 1.88. The smallest absolute Gasteiger partial charge is 0.119 e. The van der Waals surface area contributed by atoms with Gasteiger partial charge in [0.15, 0.2) is 0 Å². The summed E-state index contributed by atoms with van der Waals surface area (Å²) in [6, 6.07) is 1.92. The molecule has 0 unspecified atom stereocenters. The van der Waals surface area contributed by atoms with E-state index in [1.54, 1.807) is 12.5 Å². The highest BCUT2D eigenvalue weighted by atomic mass is 16.3. The molecule has 0 aliphatic rings. The number of rotatable bonds is 1. The fourth-order valence-corrected chi connectivity index (χ4v) is 0.333. The minimum absolute atomic E-state index is 0.639. The van der Waals surface area contributed by atoms with Gasteiger partial charge >= 0.3 is 0 Å². The molecule has 10 heavy (non-hydrogen) atoms. The molecule has 0 amide bonds. The molecule has 0 radical (unpaired) electrons. The molecule has 1 rings (SSSR count). The van der Waals surface area contributed by atoms with E-state index in [0.29, 0.717) is 6.42 Å². The number of aryl methyl sites for hydroxylation is 1. The number of aldehydes is 1. The van der Waals surface area contributed by atoms with Crippen molar-refractivity contribution in [1.29, 1.82) is 0 Å². The van der Waals surface area contributed by atoms with Gasteiger partial charge in [0.1, 0.15) is 6.29 Å². The number of carbonyl (C=O) groups excluding carboxylic acids is 1. The largest absolute Gasteiger partial charge is 0.472 e. The Balaban J connectivity index is 0.000000180. The summed E-state index contributed by atoms with van der Waals surface area (Å²) in [4.78, 5) is 9.17. The Morgan fingerprint density at radius 3 is 2.40 bits per heavy atom. The number of hydrogen-bond acceptors (Lipinski definition) is 2. The Morgan fingerprint density at radius 2 is 2.30 bits per heavy atom. The molecule has 1 aromatic heterocycles. The molecule has 0 N–H and O–H groups in total. The quantitative estimate of drug-likeness (QED) is 0.559. The van der Waals surface area contributed by atoms with Crippen LogP contribution in [0.5, 0.6) is 0 Å². The van der Waals surface area contributed by atoms with E-state index in [-0.39, 0.29) is 0 Å². The van der Waals surface area contributed by atoms with Gasteiger partial charge in [-0.2, -0.15) is 0 Å². The maximum atomic E-state index is 9.17. The summed E-state index contributed by atoms with van der Waals surface area (Å²) in [6.45, 7) is 3.80. The maximum Gasteiger partial charge on any atom is 0.119 e. The first-order valence-corrected chi connectivity index (χ1v) is 3.23. The Morgan fingerprint density at radius 1 is 1.70 bits per heavy atom. The summed E-state index contributed by atoms with van der Waals surface area (Å²) in [6.07, 6.45) is 4.88. The molecule has 0 aromatic carbocycles. The van der Waals surface area contributed by atoms with Gasteiger partial charge in [-0.15, -0.1) is 0 Å². The molecule has 1 aromatic rings. The zero-order valence-corrected chi connectivity index (χ0v) is 6.33. The molecule has 0 atom stereocenters. The van der Waals surface area contributed by atoms with E-state index < -0.39 is 0 Å². The fraction of sp³-hybridized carbons (Fsp3) is 0.375. The van der Waals surface area contributed by atoms with Gasteiger partial charge in [0, 0.05) is 6.42 Å². The molecular formula is C8H12O2. The number of carbonyl (C=O) groups is 1. The average Bonchev–Trinajstić information content (AvgIpc) is 2.40. The molecule has 0 aliphatic carbocycles. The second-order valence-electron chi connectivity index (χ2n) is 1.88. The van der Waals surface area contributed by atoms with E-state index in [2.05, 4.69) is 0 Å². The van der Waals surface area contributed by atoms with Gasteiger partial charge in [-0.1, -0.05) is 6.92 Å². The third kappa shape index (κ3) is 5.09. The highest BCUT2D eigenvalue weighted by molar-refractivity contribution is 5.48. The van der Waals surface area contributed by atoms with E-state index >= 15 is 0 Å². The summed E-state index contributed by atoms with van der Waals surface area (Å²) in [5.41, 5.74) is 1.18. The van der Waals surface area contributed by atoms with Gasteiger partial charge in [0.25, 0.3) is 0 Å². The van der Waals surface area contributed by atoms with E-state index in [0.717, 1.165) is 6.29 Å².